The second kappa shape index (κ2) is 6.21. The van der Waals surface area contributed by atoms with Gasteiger partial charge in [-0.2, -0.15) is 0 Å². The molecule has 1 heterocycles. The molecular formula is C12H21N3S. The molecular weight excluding hydrogens is 218 g/mol. The highest BCUT2D eigenvalue weighted by molar-refractivity contribution is 7.99. The molecule has 1 unspecified atom stereocenters. The van der Waals surface area contributed by atoms with Crippen LogP contribution in [0, 0.1) is 5.41 Å². The van der Waals surface area contributed by atoms with Gasteiger partial charge in [-0.05, 0) is 18.0 Å². The van der Waals surface area contributed by atoms with Crippen LogP contribution in [0.25, 0.3) is 0 Å². The van der Waals surface area contributed by atoms with Gasteiger partial charge < -0.3 is 5.32 Å². The number of nitrogens with zero attached hydrogens (tertiary/aromatic N) is 2. The molecule has 90 valence electrons. The van der Waals surface area contributed by atoms with E-state index in [9.17, 15) is 0 Å². The van der Waals surface area contributed by atoms with E-state index in [2.05, 4.69) is 43.0 Å². The molecule has 1 atom stereocenters. The Kier molecular flexibility index (Phi) is 5.22. The van der Waals surface area contributed by atoms with Crippen LogP contribution in [-0.2, 0) is 0 Å². The van der Waals surface area contributed by atoms with Crippen molar-refractivity contribution in [3.05, 3.63) is 18.6 Å². The van der Waals surface area contributed by atoms with E-state index < -0.39 is 0 Å². The maximum absolute atomic E-state index is 4.22. The molecule has 0 aliphatic rings. The van der Waals surface area contributed by atoms with Gasteiger partial charge in [0, 0.05) is 18.0 Å². The molecule has 1 aromatic heterocycles. The summed E-state index contributed by atoms with van der Waals surface area (Å²) < 4.78 is 0. The van der Waals surface area contributed by atoms with E-state index in [1.54, 1.807) is 24.3 Å². The number of hydrogen-bond donors (Lipinski definition) is 1. The molecule has 0 radical (unpaired) electrons. The lowest BCUT2D eigenvalue weighted by Gasteiger charge is -2.31. The van der Waals surface area contributed by atoms with Crippen LogP contribution in [0.2, 0.25) is 0 Å². The maximum Gasteiger partial charge on any atom is 0.116 e. The Balaban J connectivity index is 2.51. The fourth-order valence-corrected chi connectivity index (χ4v) is 2.63. The Labute approximate surface area is 102 Å². The molecule has 0 saturated heterocycles. The molecule has 4 heteroatoms. The number of rotatable bonds is 5. The van der Waals surface area contributed by atoms with Gasteiger partial charge in [-0.3, -0.25) is 0 Å². The van der Waals surface area contributed by atoms with Gasteiger partial charge in [-0.25, -0.2) is 9.97 Å². The fourth-order valence-electron chi connectivity index (χ4n) is 1.39. The Hall–Kier alpha value is -0.610. The van der Waals surface area contributed by atoms with Crippen LogP contribution >= 0.6 is 11.8 Å². The van der Waals surface area contributed by atoms with E-state index in [0.29, 0.717) is 6.04 Å². The average Bonchev–Trinajstić information content (AvgIpc) is 2.24. The van der Waals surface area contributed by atoms with E-state index in [0.717, 1.165) is 17.3 Å². The third-order valence-corrected chi connectivity index (χ3v) is 3.49. The largest absolute Gasteiger partial charge is 0.313 e. The monoisotopic (exact) mass is 239 g/mol. The summed E-state index contributed by atoms with van der Waals surface area (Å²) in [4.78, 5) is 8.13. The highest BCUT2D eigenvalue weighted by atomic mass is 32.2. The van der Waals surface area contributed by atoms with Crippen LogP contribution in [0.5, 0.6) is 0 Å². The van der Waals surface area contributed by atoms with Gasteiger partial charge in [-0.15, -0.1) is 11.8 Å². The zero-order chi connectivity index (χ0) is 12.0. The summed E-state index contributed by atoms with van der Waals surface area (Å²) in [5.74, 6) is 1.04. The van der Waals surface area contributed by atoms with Crippen LogP contribution in [0.4, 0.5) is 0 Å². The first-order valence-electron chi connectivity index (χ1n) is 5.66. The highest BCUT2D eigenvalue weighted by Crippen LogP contribution is 2.25. The smallest absolute Gasteiger partial charge is 0.116 e. The fraction of sp³-hybridized carbons (Fsp3) is 0.667. The first kappa shape index (κ1) is 13.5. The second-order valence-corrected chi connectivity index (χ2v) is 5.88. The van der Waals surface area contributed by atoms with Gasteiger partial charge in [-0.1, -0.05) is 27.7 Å². The highest BCUT2D eigenvalue weighted by Gasteiger charge is 2.23. The molecule has 0 spiro atoms. The summed E-state index contributed by atoms with van der Waals surface area (Å²) in [6.07, 6.45) is 3.39. The number of thioether (sulfide) groups is 1. The summed E-state index contributed by atoms with van der Waals surface area (Å²) in [6, 6.07) is 2.45. The lowest BCUT2D eigenvalue weighted by molar-refractivity contribution is 0.295. The first-order valence-corrected chi connectivity index (χ1v) is 6.64. The topological polar surface area (TPSA) is 37.8 Å². The summed E-state index contributed by atoms with van der Waals surface area (Å²) in [5, 5.41) is 4.57. The van der Waals surface area contributed by atoms with Crippen molar-refractivity contribution < 1.29 is 0 Å². The summed E-state index contributed by atoms with van der Waals surface area (Å²) in [6.45, 7) is 9.95. The summed E-state index contributed by atoms with van der Waals surface area (Å²) in [7, 11) is 0. The third-order valence-electron chi connectivity index (χ3n) is 2.45. The molecule has 1 rings (SSSR count). The minimum atomic E-state index is 0.274. The van der Waals surface area contributed by atoms with Crippen molar-refractivity contribution in [3.63, 3.8) is 0 Å². The van der Waals surface area contributed by atoms with Crippen molar-refractivity contribution in [2.75, 3.05) is 12.3 Å². The molecule has 3 nitrogen and oxygen atoms in total. The molecule has 0 aromatic carbocycles. The SMILES string of the molecule is CCNC(CSc1ccncn1)C(C)(C)C. The van der Waals surface area contributed by atoms with E-state index in [1.807, 2.05) is 6.07 Å². The molecule has 0 aliphatic heterocycles. The van der Waals surface area contributed by atoms with E-state index in [-0.39, 0.29) is 5.41 Å². The van der Waals surface area contributed by atoms with Crippen molar-refractivity contribution in [2.45, 2.75) is 38.8 Å². The van der Waals surface area contributed by atoms with Gasteiger partial charge in [0.15, 0.2) is 0 Å². The van der Waals surface area contributed by atoms with Crippen molar-refractivity contribution in [1.29, 1.82) is 0 Å². The minimum Gasteiger partial charge on any atom is -0.313 e. The van der Waals surface area contributed by atoms with Crippen LogP contribution in [-0.4, -0.2) is 28.3 Å². The number of nitrogens with one attached hydrogen (secondary N) is 1. The average molecular weight is 239 g/mol. The molecule has 1 N–H and O–H groups in total. The van der Waals surface area contributed by atoms with Gasteiger partial charge in [0.2, 0.25) is 0 Å². The first-order chi connectivity index (χ1) is 7.54. The summed E-state index contributed by atoms with van der Waals surface area (Å²) in [5.41, 5.74) is 0.274. The molecule has 0 aliphatic carbocycles. The Morgan fingerprint density at radius 1 is 1.44 bits per heavy atom. The predicted molar refractivity (Wildman–Crippen MR) is 69.7 cm³/mol. The van der Waals surface area contributed by atoms with Crippen molar-refractivity contribution >= 4 is 11.8 Å². The molecule has 0 amide bonds. The molecule has 0 bridgehead atoms. The lowest BCUT2D eigenvalue weighted by Crippen LogP contribution is -2.42. The van der Waals surface area contributed by atoms with E-state index in [1.165, 1.54) is 0 Å². The van der Waals surface area contributed by atoms with Gasteiger partial charge in [0.1, 0.15) is 6.33 Å². The molecule has 1 aromatic rings. The Morgan fingerprint density at radius 2 is 2.19 bits per heavy atom. The Bertz CT molecular complexity index is 295. The van der Waals surface area contributed by atoms with E-state index >= 15 is 0 Å². The van der Waals surface area contributed by atoms with E-state index in [4.69, 9.17) is 0 Å². The minimum absolute atomic E-state index is 0.274. The van der Waals surface area contributed by atoms with Crippen molar-refractivity contribution in [1.82, 2.24) is 15.3 Å². The standard InChI is InChI=1S/C12H21N3S/c1-5-14-10(12(2,3)4)8-16-11-6-7-13-9-15-11/h6-7,9-10,14H,5,8H2,1-4H3. The molecule has 0 fully saturated rings. The number of hydrogen-bond acceptors (Lipinski definition) is 4. The van der Waals surface area contributed by atoms with Gasteiger partial charge >= 0.3 is 0 Å². The predicted octanol–water partition coefficient (Wildman–Crippen LogP) is 2.59. The molecule has 16 heavy (non-hydrogen) atoms. The quantitative estimate of drug-likeness (QED) is 0.633. The van der Waals surface area contributed by atoms with Crippen LogP contribution in [0.15, 0.2) is 23.6 Å². The van der Waals surface area contributed by atoms with Gasteiger partial charge in [0.05, 0.1) is 5.03 Å². The van der Waals surface area contributed by atoms with Crippen molar-refractivity contribution in [2.24, 2.45) is 5.41 Å². The lowest BCUT2D eigenvalue weighted by atomic mass is 9.88. The number of aromatic nitrogens is 2. The third kappa shape index (κ3) is 4.49. The second-order valence-electron chi connectivity index (χ2n) is 4.83. The van der Waals surface area contributed by atoms with Gasteiger partial charge in [0.25, 0.3) is 0 Å². The van der Waals surface area contributed by atoms with Crippen LogP contribution < -0.4 is 5.32 Å². The normalized spacial score (nSPS) is 13.8. The van der Waals surface area contributed by atoms with Crippen LogP contribution in [0.1, 0.15) is 27.7 Å². The van der Waals surface area contributed by atoms with Crippen LogP contribution in [0.3, 0.4) is 0 Å². The van der Waals surface area contributed by atoms with Crippen molar-refractivity contribution in [3.8, 4) is 0 Å². The zero-order valence-corrected chi connectivity index (χ0v) is 11.3. The summed E-state index contributed by atoms with van der Waals surface area (Å²) >= 11 is 1.78. The maximum atomic E-state index is 4.22. The molecule has 0 saturated carbocycles. The zero-order valence-electron chi connectivity index (χ0n) is 10.5. The Morgan fingerprint density at radius 3 is 2.69 bits per heavy atom.